The largest absolute Gasteiger partial charge is 0.315 e. The van der Waals surface area contributed by atoms with E-state index >= 15 is 0 Å². The average molecular weight is 365 g/mol. The summed E-state index contributed by atoms with van der Waals surface area (Å²) >= 11 is 0.678. The maximum atomic E-state index is 12.5. The molecule has 24 heavy (non-hydrogen) atoms. The van der Waals surface area contributed by atoms with Crippen LogP contribution in [0.1, 0.15) is 18.4 Å². The highest BCUT2D eigenvalue weighted by molar-refractivity contribution is 7.94. The maximum Gasteiger partial charge on any atom is 0.306 e. The lowest BCUT2D eigenvalue weighted by atomic mass is 10.2. The second kappa shape index (κ2) is 6.21. The van der Waals surface area contributed by atoms with E-state index in [0.29, 0.717) is 46.4 Å². The van der Waals surface area contributed by atoms with E-state index in [9.17, 15) is 13.2 Å². The molecule has 0 fully saturated rings. The molecule has 0 unspecified atom stereocenters. The van der Waals surface area contributed by atoms with E-state index in [1.165, 1.54) is 0 Å². The highest BCUT2D eigenvalue weighted by Gasteiger charge is 2.22. The van der Waals surface area contributed by atoms with Gasteiger partial charge in [-0.15, -0.1) is 0 Å². The number of nitrogens with one attached hydrogen (secondary N) is 3. The number of thiazole rings is 1. The number of aryl methyl sites for hydroxylation is 2. The van der Waals surface area contributed by atoms with Gasteiger partial charge in [-0.2, -0.15) is 5.10 Å². The molecule has 0 aliphatic heterocycles. The van der Waals surface area contributed by atoms with Crippen LogP contribution in [0.5, 0.6) is 0 Å². The molecule has 0 spiro atoms. The summed E-state index contributed by atoms with van der Waals surface area (Å²) < 4.78 is 27.6. The van der Waals surface area contributed by atoms with E-state index in [-0.39, 0.29) is 4.21 Å². The number of H-pyrrole nitrogens is 2. The van der Waals surface area contributed by atoms with Crippen LogP contribution in [0.25, 0.3) is 11.4 Å². The number of sulfonamides is 1. The lowest BCUT2D eigenvalue weighted by Crippen LogP contribution is -2.13. The molecule has 0 saturated heterocycles. The van der Waals surface area contributed by atoms with E-state index in [1.54, 1.807) is 38.1 Å². The zero-order chi connectivity index (χ0) is 17.3. The van der Waals surface area contributed by atoms with E-state index in [0.717, 1.165) is 0 Å². The number of hydrogen-bond donors (Lipinski definition) is 3. The van der Waals surface area contributed by atoms with Gasteiger partial charge in [0.25, 0.3) is 10.0 Å². The molecule has 2 heterocycles. The van der Waals surface area contributed by atoms with Crippen LogP contribution >= 0.6 is 11.3 Å². The molecule has 0 bridgehead atoms. The van der Waals surface area contributed by atoms with E-state index < -0.39 is 14.9 Å². The molecule has 0 atom stereocenters. The first-order valence-corrected chi connectivity index (χ1v) is 9.43. The smallest absolute Gasteiger partial charge is 0.306 e. The van der Waals surface area contributed by atoms with E-state index in [1.807, 2.05) is 0 Å². The highest BCUT2D eigenvalue weighted by atomic mass is 32.2. The molecule has 0 amide bonds. The van der Waals surface area contributed by atoms with Crippen LogP contribution in [0.15, 0.2) is 33.3 Å². The van der Waals surface area contributed by atoms with Crippen LogP contribution in [0, 0.1) is 6.92 Å². The molecule has 0 saturated carbocycles. The van der Waals surface area contributed by atoms with Crippen LogP contribution in [0.2, 0.25) is 0 Å². The van der Waals surface area contributed by atoms with Crippen molar-refractivity contribution in [2.24, 2.45) is 0 Å². The van der Waals surface area contributed by atoms with Gasteiger partial charge in [0.05, 0.1) is 0 Å². The summed E-state index contributed by atoms with van der Waals surface area (Å²) in [6.07, 6.45) is 0.422. The molecule has 10 heteroatoms. The third-order valence-electron chi connectivity index (χ3n) is 3.25. The summed E-state index contributed by atoms with van der Waals surface area (Å²) in [6.45, 7) is 3.56. The Labute approximate surface area is 142 Å². The van der Waals surface area contributed by atoms with Gasteiger partial charge in [0.15, 0.2) is 10.0 Å². The van der Waals surface area contributed by atoms with Crippen molar-refractivity contribution < 1.29 is 8.42 Å². The summed E-state index contributed by atoms with van der Waals surface area (Å²) in [5, 5.41) is 6.80. The van der Waals surface area contributed by atoms with Crippen molar-refractivity contribution in [3.05, 3.63) is 45.5 Å². The Hall–Kier alpha value is -2.46. The van der Waals surface area contributed by atoms with Crippen molar-refractivity contribution in [1.82, 2.24) is 20.2 Å². The van der Waals surface area contributed by atoms with Crippen molar-refractivity contribution in [2.45, 2.75) is 24.5 Å². The number of rotatable bonds is 5. The van der Waals surface area contributed by atoms with Gasteiger partial charge < -0.3 is 4.98 Å². The van der Waals surface area contributed by atoms with Gasteiger partial charge >= 0.3 is 4.87 Å². The molecule has 3 N–H and O–H groups in total. The number of aromatic nitrogens is 4. The molecule has 3 aromatic rings. The molecule has 126 valence electrons. The molecule has 0 aliphatic carbocycles. The second-order valence-electron chi connectivity index (χ2n) is 5.06. The van der Waals surface area contributed by atoms with Crippen LogP contribution in [0.4, 0.5) is 5.69 Å². The topological polar surface area (TPSA) is 121 Å². The predicted octanol–water partition coefficient (Wildman–Crippen LogP) is 1.89. The molecular weight excluding hydrogens is 350 g/mol. The third kappa shape index (κ3) is 3.24. The fraction of sp³-hybridized carbons (Fsp3) is 0.214. The first-order chi connectivity index (χ1) is 11.4. The van der Waals surface area contributed by atoms with Crippen LogP contribution in [0.3, 0.4) is 0 Å². The number of aromatic amines is 2. The Morgan fingerprint density at radius 2 is 2.12 bits per heavy atom. The summed E-state index contributed by atoms with van der Waals surface area (Å²) in [5.74, 6) is 1.15. The monoisotopic (exact) mass is 365 g/mol. The van der Waals surface area contributed by atoms with Crippen LogP contribution in [-0.2, 0) is 16.4 Å². The average Bonchev–Trinajstić information content (AvgIpc) is 3.13. The molecular formula is C14H15N5O3S2. The molecule has 3 rings (SSSR count). The Morgan fingerprint density at radius 3 is 2.79 bits per heavy atom. The number of nitrogens with zero attached hydrogens (tertiary/aromatic N) is 2. The molecule has 2 aromatic heterocycles. The zero-order valence-electron chi connectivity index (χ0n) is 13.0. The lowest BCUT2D eigenvalue weighted by Gasteiger charge is -2.08. The number of anilines is 1. The second-order valence-corrected chi connectivity index (χ2v) is 7.93. The fourth-order valence-corrected chi connectivity index (χ4v) is 4.69. The van der Waals surface area contributed by atoms with Crippen LogP contribution < -0.4 is 9.60 Å². The quantitative estimate of drug-likeness (QED) is 0.637. The van der Waals surface area contributed by atoms with E-state index in [2.05, 4.69) is 24.9 Å². The van der Waals surface area contributed by atoms with Crippen molar-refractivity contribution in [3.63, 3.8) is 0 Å². The van der Waals surface area contributed by atoms with Gasteiger partial charge in [0.1, 0.15) is 5.82 Å². The van der Waals surface area contributed by atoms with Gasteiger partial charge in [-0.1, -0.05) is 30.4 Å². The first-order valence-electron chi connectivity index (χ1n) is 7.13. The number of benzene rings is 1. The predicted molar refractivity (Wildman–Crippen MR) is 91.7 cm³/mol. The van der Waals surface area contributed by atoms with E-state index in [4.69, 9.17) is 0 Å². The highest BCUT2D eigenvalue weighted by Crippen LogP contribution is 2.24. The zero-order valence-corrected chi connectivity index (χ0v) is 14.6. The van der Waals surface area contributed by atoms with Gasteiger partial charge in [-0.25, -0.2) is 13.4 Å². The summed E-state index contributed by atoms with van der Waals surface area (Å²) in [7, 11) is -3.84. The maximum absolute atomic E-state index is 12.5. The van der Waals surface area contributed by atoms with Crippen molar-refractivity contribution in [1.29, 1.82) is 0 Å². The summed E-state index contributed by atoms with van der Waals surface area (Å²) in [4.78, 5) is 17.8. The minimum absolute atomic E-state index is 0.00846. The molecule has 0 radical (unpaired) electrons. The van der Waals surface area contributed by atoms with Gasteiger partial charge in [0.2, 0.25) is 0 Å². The summed E-state index contributed by atoms with van der Waals surface area (Å²) in [6, 6.07) is 6.76. The van der Waals surface area contributed by atoms with Crippen molar-refractivity contribution >= 4 is 27.0 Å². The van der Waals surface area contributed by atoms with Gasteiger partial charge in [-0.05, 0) is 25.5 Å². The Kier molecular flexibility index (Phi) is 4.24. The van der Waals surface area contributed by atoms with Crippen molar-refractivity contribution in [3.8, 4) is 11.4 Å². The normalized spacial score (nSPS) is 11.6. The van der Waals surface area contributed by atoms with Crippen LogP contribution in [-0.4, -0.2) is 28.6 Å². The van der Waals surface area contributed by atoms with Gasteiger partial charge in [0, 0.05) is 16.9 Å². The minimum Gasteiger partial charge on any atom is -0.315 e. The standard InChI is InChI=1S/C14H15N5O3S2/c1-3-11-13(23-14(20)16-11)24(21,22)19-10-6-4-5-9(7-10)12-15-8(2)17-18-12/h4-7,19H,3H2,1-2H3,(H,16,20)(H,15,17,18). The Balaban J connectivity index is 1.94. The number of hydrogen-bond acceptors (Lipinski definition) is 6. The minimum atomic E-state index is -3.84. The molecule has 0 aliphatic rings. The SMILES string of the molecule is CCc1[nH]c(=O)sc1S(=O)(=O)Nc1cccc(-c2n[nH]c(C)n2)c1. The first kappa shape index (κ1) is 16.4. The Morgan fingerprint density at radius 1 is 1.33 bits per heavy atom. The van der Waals surface area contributed by atoms with Gasteiger partial charge in [-0.3, -0.25) is 14.6 Å². The molecule has 1 aromatic carbocycles. The lowest BCUT2D eigenvalue weighted by molar-refractivity contribution is 0.602. The van der Waals surface area contributed by atoms with Crippen molar-refractivity contribution in [2.75, 3.05) is 4.72 Å². The summed E-state index contributed by atoms with van der Waals surface area (Å²) in [5.41, 5.74) is 1.45. The Bertz CT molecular complexity index is 1030. The molecule has 8 nitrogen and oxygen atoms in total. The third-order valence-corrected chi connectivity index (χ3v) is 6.12. The fourth-order valence-electron chi connectivity index (χ4n) is 2.19.